The molecule has 0 spiro atoms. The second kappa shape index (κ2) is 10.2. The molecule has 2 heterocycles. The molecule has 1 aliphatic rings. The molecule has 3 aromatic rings. The summed E-state index contributed by atoms with van der Waals surface area (Å²) in [4.78, 5) is 14.3. The van der Waals surface area contributed by atoms with Gasteiger partial charge in [-0.25, -0.2) is 13.2 Å². The van der Waals surface area contributed by atoms with Crippen molar-refractivity contribution in [1.29, 1.82) is 0 Å². The molecule has 1 fully saturated rings. The fourth-order valence-electron chi connectivity index (χ4n) is 4.21. The van der Waals surface area contributed by atoms with Crippen LogP contribution in [0.1, 0.15) is 42.1 Å². The highest BCUT2D eigenvalue weighted by Gasteiger charge is 2.24. The van der Waals surface area contributed by atoms with Gasteiger partial charge in [0.2, 0.25) is 0 Å². The van der Waals surface area contributed by atoms with Gasteiger partial charge in [-0.3, -0.25) is 4.72 Å². The molecule has 1 aliphatic heterocycles. The highest BCUT2D eigenvalue weighted by molar-refractivity contribution is 7.92. The summed E-state index contributed by atoms with van der Waals surface area (Å²) >= 11 is 0. The van der Waals surface area contributed by atoms with Gasteiger partial charge in [-0.1, -0.05) is 19.1 Å². The normalized spacial score (nSPS) is 14.0. The molecule has 0 unspecified atom stereocenters. The minimum Gasteiger partial charge on any atom is -0.465 e. The van der Waals surface area contributed by atoms with Gasteiger partial charge < -0.3 is 9.64 Å². The average Bonchev–Trinajstić information content (AvgIpc) is 2.88. The minimum absolute atomic E-state index is 0.0680. The zero-order chi connectivity index (χ0) is 24.1. The molecule has 0 radical (unpaired) electrons. The number of esters is 1. The number of carbonyl (C=O) groups is 1. The standard InChI is InChI=1S/C25H28N4O4S/c1-3-18-7-8-20(25(30)33-2)16-24(18)34(31,32)28-22-15-19(21-11-12-26-27-17-21)9-10-23(22)29-13-5-4-6-14-29/h7-12,15-17,28H,3-6,13-14H2,1-2H3. The van der Waals surface area contributed by atoms with Crippen LogP contribution < -0.4 is 9.62 Å². The third-order valence-corrected chi connectivity index (χ3v) is 7.46. The van der Waals surface area contributed by atoms with Gasteiger partial charge in [-0.2, -0.15) is 10.2 Å². The van der Waals surface area contributed by atoms with Gasteiger partial charge in [0.25, 0.3) is 10.0 Å². The first kappa shape index (κ1) is 23.7. The molecule has 8 nitrogen and oxygen atoms in total. The van der Waals surface area contributed by atoms with Crippen LogP contribution in [0.15, 0.2) is 59.8 Å². The van der Waals surface area contributed by atoms with E-state index in [1.807, 2.05) is 31.2 Å². The van der Waals surface area contributed by atoms with E-state index in [-0.39, 0.29) is 10.5 Å². The maximum absolute atomic E-state index is 13.6. The van der Waals surface area contributed by atoms with Crippen molar-refractivity contribution in [3.8, 4) is 11.1 Å². The second-order valence-electron chi connectivity index (χ2n) is 8.18. The number of nitrogens with one attached hydrogen (secondary N) is 1. The Morgan fingerprint density at radius 2 is 1.82 bits per heavy atom. The number of aryl methyl sites for hydroxylation is 1. The number of sulfonamides is 1. The first-order valence-electron chi connectivity index (χ1n) is 11.3. The number of hydrogen-bond donors (Lipinski definition) is 1. The van der Waals surface area contributed by atoms with Gasteiger partial charge in [0.05, 0.1) is 41.3 Å². The number of piperidine rings is 1. The molecule has 1 saturated heterocycles. The Balaban J connectivity index is 1.79. The highest BCUT2D eigenvalue weighted by atomic mass is 32.2. The van der Waals surface area contributed by atoms with Crippen LogP contribution in [-0.2, 0) is 21.2 Å². The smallest absolute Gasteiger partial charge is 0.337 e. The van der Waals surface area contributed by atoms with Crippen molar-refractivity contribution >= 4 is 27.4 Å². The summed E-state index contributed by atoms with van der Waals surface area (Å²) < 4.78 is 34.8. The van der Waals surface area contributed by atoms with Crippen LogP contribution in [0.4, 0.5) is 11.4 Å². The Kier molecular flexibility index (Phi) is 7.12. The van der Waals surface area contributed by atoms with E-state index in [0.29, 0.717) is 17.7 Å². The first-order valence-corrected chi connectivity index (χ1v) is 12.8. The van der Waals surface area contributed by atoms with Crippen molar-refractivity contribution < 1.29 is 17.9 Å². The summed E-state index contributed by atoms with van der Waals surface area (Å²) in [6.45, 7) is 3.61. The maximum atomic E-state index is 13.6. The quantitative estimate of drug-likeness (QED) is 0.504. The van der Waals surface area contributed by atoms with Gasteiger partial charge in [-0.05, 0) is 67.1 Å². The predicted octanol–water partition coefficient (Wildman–Crippen LogP) is 4.28. The lowest BCUT2D eigenvalue weighted by Crippen LogP contribution is -2.30. The van der Waals surface area contributed by atoms with E-state index in [4.69, 9.17) is 4.74 Å². The highest BCUT2D eigenvalue weighted by Crippen LogP contribution is 2.35. The topological polar surface area (TPSA) is 101 Å². The molecule has 178 valence electrons. The molecule has 9 heteroatoms. The largest absolute Gasteiger partial charge is 0.465 e. The number of methoxy groups -OCH3 is 1. The van der Waals surface area contributed by atoms with Gasteiger partial charge in [0.1, 0.15) is 0 Å². The number of ether oxygens (including phenoxy) is 1. The fraction of sp³-hybridized carbons (Fsp3) is 0.320. The Bertz CT molecular complexity index is 1270. The van der Waals surface area contributed by atoms with Crippen LogP contribution in [0.3, 0.4) is 0 Å². The summed E-state index contributed by atoms with van der Waals surface area (Å²) in [6.07, 6.45) is 7.03. The van der Waals surface area contributed by atoms with Crippen molar-refractivity contribution in [2.45, 2.75) is 37.5 Å². The molecule has 0 atom stereocenters. The SMILES string of the molecule is CCc1ccc(C(=O)OC)cc1S(=O)(=O)Nc1cc(-c2ccnnc2)ccc1N1CCCCC1. The van der Waals surface area contributed by atoms with E-state index in [2.05, 4.69) is 19.8 Å². The van der Waals surface area contributed by atoms with Crippen LogP contribution in [0.25, 0.3) is 11.1 Å². The van der Waals surface area contributed by atoms with Crippen molar-refractivity contribution in [2.24, 2.45) is 0 Å². The minimum atomic E-state index is -3.99. The number of rotatable bonds is 7. The number of hydrogen-bond acceptors (Lipinski definition) is 7. The molecule has 4 rings (SSSR count). The third-order valence-electron chi connectivity index (χ3n) is 6.01. The third kappa shape index (κ3) is 5.04. The van der Waals surface area contributed by atoms with Crippen LogP contribution in [-0.4, -0.2) is 44.8 Å². The number of aromatic nitrogens is 2. The molecule has 0 aliphatic carbocycles. The van der Waals surface area contributed by atoms with Gasteiger partial charge >= 0.3 is 5.97 Å². The van der Waals surface area contributed by atoms with Gasteiger partial charge in [-0.15, -0.1) is 0 Å². The monoisotopic (exact) mass is 480 g/mol. The fourth-order valence-corrected chi connectivity index (χ4v) is 5.61. The van der Waals surface area contributed by atoms with Crippen molar-refractivity contribution in [3.05, 3.63) is 66.0 Å². The zero-order valence-corrected chi connectivity index (χ0v) is 20.1. The molecule has 34 heavy (non-hydrogen) atoms. The summed E-state index contributed by atoms with van der Waals surface area (Å²) in [5.41, 5.74) is 3.79. The lowest BCUT2D eigenvalue weighted by molar-refractivity contribution is 0.0600. The summed E-state index contributed by atoms with van der Waals surface area (Å²) in [5, 5.41) is 7.76. The Morgan fingerprint density at radius 3 is 2.50 bits per heavy atom. The van der Waals surface area contributed by atoms with Crippen LogP contribution in [0.2, 0.25) is 0 Å². The number of nitrogens with zero attached hydrogens (tertiary/aromatic N) is 3. The number of carbonyl (C=O) groups excluding carboxylic acids is 1. The van der Waals surface area contributed by atoms with Gasteiger partial charge in [0, 0.05) is 18.7 Å². The second-order valence-corrected chi connectivity index (χ2v) is 9.83. The molecular formula is C25H28N4O4S. The molecule has 0 bridgehead atoms. The number of anilines is 2. The van der Waals surface area contributed by atoms with E-state index >= 15 is 0 Å². The van der Waals surface area contributed by atoms with Crippen LogP contribution in [0, 0.1) is 0 Å². The molecule has 1 N–H and O–H groups in total. The first-order chi connectivity index (χ1) is 16.4. The zero-order valence-electron chi connectivity index (χ0n) is 19.3. The lowest BCUT2D eigenvalue weighted by Gasteiger charge is -2.31. The molecular weight excluding hydrogens is 452 g/mol. The average molecular weight is 481 g/mol. The lowest BCUT2D eigenvalue weighted by atomic mass is 10.0. The van der Waals surface area contributed by atoms with Crippen LogP contribution >= 0.6 is 0 Å². The molecule has 2 aromatic carbocycles. The summed E-state index contributed by atoms with van der Waals surface area (Å²) in [5.74, 6) is -0.583. The van der Waals surface area contributed by atoms with Crippen LogP contribution in [0.5, 0.6) is 0 Å². The molecule has 1 aromatic heterocycles. The summed E-state index contributed by atoms with van der Waals surface area (Å²) in [7, 11) is -2.72. The number of benzene rings is 2. The molecule has 0 amide bonds. The van der Waals surface area contributed by atoms with E-state index < -0.39 is 16.0 Å². The van der Waals surface area contributed by atoms with E-state index in [1.165, 1.54) is 19.6 Å². The van der Waals surface area contributed by atoms with Crippen molar-refractivity contribution in [3.63, 3.8) is 0 Å². The Labute approximate surface area is 200 Å². The van der Waals surface area contributed by atoms with Gasteiger partial charge in [0.15, 0.2) is 0 Å². The van der Waals surface area contributed by atoms with Crippen molar-refractivity contribution in [1.82, 2.24) is 10.2 Å². The van der Waals surface area contributed by atoms with E-state index in [0.717, 1.165) is 42.7 Å². The van der Waals surface area contributed by atoms with E-state index in [9.17, 15) is 13.2 Å². The predicted molar refractivity (Wildman–Crippen MR) is 131 cm³/mol. The van der Waals surface area contributed by atoms with E-state index in [1.54, 1.807) is 24.5 Å². The Hall–Kier alpha value is -3.46. The Morgan fingerprint density at radius 1 is 1.03 bits per heavy atom. The summed E-state index contributed by atoms with van der Waals surface area (Å²) in [6, 6.07) is 12.2. The van der Waals surface area contributed by atoms with Crippen molar-refractivity contribution in [2.75, 3.05) is 29.8 Å². The maximum Gasteiger partial charge on any atom is 0.337 e. The molecule has 0 saturated carbocycles.